The molecule has 1 N–H and O–H groups in total. The molecule has 0 bridgehead atoms. The number of piperidine rings is 1. The predicted molar refractivity (Wildman–Crippen MR) is 102 cm³/mol. The highest BCUT2D eigenvalue weighted by molar-refractivity contribution is 5.16. The number of nitrogens with zero attached hydrogens (tertiary/aromatic N) is 3. The SMILES string of the molecule is c1cncc(CN2CCC(N[C@H]3CCCO[C@@H]3c3ccncc3)CC2)c1. The van der Waals surface area contributed by atoms with Gasteiger partial charge < -0.3 is 10.1 Å². The molecule has 0 aromatic carbocycles. The second-order valence-corrected chi connectivity index (χ2v) is 7.40. The normalized spacial score (nSPS) is 25.2. The highest BCUT2D eigenvalue weighted by Gasteiger charge is 2.30. The predicted octanol–water partition coefficient (Wildman–Crippen LogP) is 2.95. The van der Waals surface area contributed by atoms with Crippen molar-refractivity contribution in [3.05, 3.63) is 60.2 Å². The zero-order valence-electron chi connectivity index (χ0n) is 15.3. The minimum atomic E-state index is 0.153. The van der Waals surface area contributed by atoms with Gasteiger partial charge in [0.05, 0.1) is 6.10 Å². The molecule has 0 saturated carbocycles. The van der Waals surface area contributed by atoms with Crippen molar-refractivity contribution in [2.45, 2.75) is 50.4 Å². The van der Waals surface area contributed by atoms with Gasteiger partial charge in [0.15, 0.2) is 0 Å². The summed E-state index contributed by atoms with van der Waals surface area (Å²) in [6, 6.07) is 9.34. The van der Waals surface area contributed by atoms with E-state index in [0.717, 1.165) is 32.7 Å². The average molecular weight is 352 g/mol. The van der Waals surface area contributed by atoms with Gasteiger partial charge in [0, 0.05) is 50.0 Å². The van der Waals surface area contributed by atoms with E-state index in [-0.39, 0.29) is 6.10 Å². The number of ether oxygens (including phenoxy) is 1. The molecular weight excluding hydrogens is 324 g/mol. The van der Waals surface area contributed by atoms with Crippen molar-refractivity contribution in [1.82, 2.24) is 20.2 Å². The molecule has 2 atom stereocenters. The van der Waals surface area contributed by atoms with Crippen LogP contribution in [0.4, 0.5) is 0 Å². The maximum Gasteiger partial charge on any atom is 0.0978 e. The Morgan fingerprint density at radius 3 is 2.65 bits per heavy atom. The number of likely N-dealkylation sites (tertiary alicyclic amines) is 1. The van der Waals surface area contributed by atoms with E-state index < -0.39 is 0 Å². The molecule has 0 spiro atoms. The summed E-state index contributed by atoms with van der Waals surface area (Å²) in [6.45, 7) is 4.14. The van der Waals surface area contributed by atoms with Crippen LogP contribution in [0.3, 0.4) is 0 Å². The minimum Gasteiger partial charge on any atom is -0.372 e. The van der Waals surface area contributed by atoms with Crippen LogP contribution < -0.4 is 5.32 Å². The van der Waals surface area contributed by atoms with Gasteiger partial charge in [0.2, 0.25) is 0 Å². The maximum absolute atomic E-state index is 6.11. The third-order valence-electron chi connectivity index (χ3n) is 5.52. The highest BCUT2D eigenvalue weighted by Crippen LogP contribution is 2.29. The first-order valence-corrected chi connectivity index (χ1v) is 9.77. The van der Waals surface area contributed by atoms with Gasteiger partial charge in [-0.2, -0.15) is 0 Å². The van der Waals surface area contributed by atoms with Crippen LogP contribution >= 0.6 is 0 Å². The Balaban J connectivity index is 1.30. The molecule has 4 rings (SSSR count). The van der Waals surface area contributed by atoms with Gasteiger partial charge in [-0.15, -0.1) is 0 Å². The molecule has 138 valence electrons. The van der Waals surface area contributed by atoms with Crippen LogP contribution in [0.25, 0.3) is 0 Å². The van der Waals surface area contributed by atoms with Crippen LogP contribution in [0.2, 0.25) is 0 Å². The lowest BCUT2D eigenvalue weighted by molar-refractivity contribution is -0.0163. The Hall–Kier alpha value is -1.82. The summed E-state index contributed by atoms with van der Waals surface area (Å²) in [4.78, 5) is 10.9. The van der Waals surface area contributed by atoms with E-state index in [9.17, 15) is 0 Å². The first-order valence-electron chi connectivity index (χ1n) is 9.77. The molecule has 2 saturated heterocycles. The number of nitrogens with one attached hydrogen (secondary N) is 1. The third-order valence-corrected chi connectivity index (χ3v) is 5.52. The molecule has 0 radical (unpaired) electrons. The summed E-state index contributed by atoms with van der Waals surface area (Å²) in [5.74, 6) is 0. The van der Waals surface area contributed by atoms with Crippen LogP contribution in [-0.4, -0.2) is 46.6 Å². The number of aromatic nitrogens is 2. The second-order valence-electron chi connectivity index (χ2n) is 7.40. The van der Waals surface area contributed by atoms with E-state index in [2.05, 4.69) is 38.4 Å². The molecule has 4 heterocycles. The van der Waals surface area contributed by atoms with Crippen molar-refractivity contribution >= 4 is 0 Å². The number of pyridine rings is 2. The monoisotopic (exact) mass is 352 g/mol. The van der Waals surface area contributed by atoms with Crippen molar-refractivity contribution in [3.63, 3.8) is 0 Å². The Bertz CT molecular complexity index is 658. The third kappa shape index (κ3) is 4.47. The van der Waals surface area contributed by atoms with Gasteiger partial charge in [0.1, 0.15) is 0 Å². The van der Waals surface area contributed by atoms with Crippen molar-refractivity contribution in [1.29, 1.82) is 0 Å². The summed E-state index contributed by atoms with van der Waals surface area (Å²) in [5, 5.41) is 3.91. The molecule has 0 amide bonds. The molecule has 0 aliphatic carbocycles. The number of hydrogen-bond acceptors (Lipinski definition) is 5. The van der Waals surface area contributed by atoms with Crippen LogP contribution in [0.5, 0.6) is 0 Å². The van der Waals surface area contributed by atoms with Crippen molar-refractivity contribution in [2.75, 3.05) is 19.7 Å². The van der Waals surface area contributed by atoms with Gasteiger partial charge in [0.25, 0.3) is 0 Å². The molecule has 2 aromatic heterocycles. The molecule has 2 aromatic rings. The fourth-order valence-electron chi connectivity index (χ4n) is 4.14. The number of rotatable bonds is 5. The zero-order chi connectivity index (χ0) is 17.6. The minimum absolute atomic E-state index is 0.153. The van der Waals surface area contributed by atoms with E-state index in [4.69, 9.17) is 4.74 Å². The quantitative estimate of drug-likeness (QED) is 0.897. The fourth-order valence-corrected chi connectivity index (χ4v) is 4.14. The number of hydrogen-bond donors (Lipinski definition) is 1. The first kappa shape index (κ1) is 17.6. The van der Waals surface area contributed by atoms with Gasteiger partial charge in [-0.25, -0.2) is 0 Å². The standard InChI is InChI=1S/C21H28N4O/c1-3-17(15-23-9-1)16-25-12-7-19(8-13-25)24-20-4-2-14-26-21(20)18-5-10-22-11-6-18/h1,3,5-6,9-11,15,19-21,24H,2,4,7-8,12-14,16H2/t20-,21+/m0/s1. The lowest BCUT2D eigenvalue weighted by Crippen LogP contribution is -2.49. The van der Waals surface area contributed by atoms with Gasteiger partial charge >= 0.3 is 0 Å². The van der Waals surface area contributed by atoms with Crippen molar-refractivity contribution in [2.24, 2.45) is 0 Å². The van der Waals surface area contributed by atoms with E-state index in [0.29, 0.717) is 12.1 Å². The topological polar surface area (TPSA) is 50.3 Å². The second kappa shape index (κ2) is 8.71. The van der Waals surface area contributed by atoms with Crippen LogP contribution in [0, 0.1) is 0 Å². The van der Waals surface area contributed by atoms with Crippen molar-refractivity contribution in [3.8, 4) is 0 Å². The highest BCUT2D eigenvalue weighted by atomic mass is 16.5. The zero-order valence-corrected chi connectivity index (χ0v) is 15.3. The molecule has 5 heteroatoms. The Kier molecular flexibility index (Phi) is 5.89. The fraction of sp³-hybridized carbons (Fsp3) is 0.524. The van der Waals surface area contributed by atoms with Crippen LogP contribution in [0.1, 0.15) is 42.9 Å². The van der Waals surface area contributed by atoms with Gasteiger partial charge in [-0.1, -0.05) is 6.07 Å². The Morgan fingerprint density at radius 1 is 1.04 bits per heavy atom. The average Bonchev–Trinajstić information content (AvgIpc) is 2.71. The molecular formula is C21H28N4O. The summed E-state index contributed by atoms with van der Waals surface area (Å²) >= 11 is 0. The lowest BCUT2D eigenvalue weighted by Gasteiger charge is -2.38. The smallest absolute Gasteiger partial charge is 0.0978 e. The van der Waals surface area contributed by atoms with Crippen LogP contribution in [-0.2, 0) is 11.3 Å². The summed E-state index contributed by atoms with van der Waals surface area (Å²) < 4.78 is 6.11. The summed E-state index contributed by atoms with van der Waals surface area (Å²) in [6.07, 6.45) is 12.4. The first-order chi connectivity index (χ1) is 12.9. The lowest BCUT2D eigenvalue weighted by atomic mass is 9.94. The van der Waals surface area contributed by atoms with E-state index in [1.54, 1.807) is 0 Å². The Morgan fingerprint density at radius 2 is 1.88 bits per heavy atom. The molecule has 5 nitrogen and oxygen atoms in total. The van der Waals surface area contributed by atoms with Gasteiger partial charge in [-0.3, -0.25) is 14.9 Å². The summed E-state index contributed by atoms with van der Waals surface area (Å²) in [7, 11) is 0. The summed E-state index contributed by atoms with van der Waals surface area (Å²) in [5.41, 5.74) is 2.54. The van der Waals surface area contributed by atoms with E-state index >= 15 is 0 Å². The van der Waals surface area contributed by atoms with Gasteiger partial charge in [-0.05, 0) is 68.1 Å². The van der Waals surface area contributed by atoms with Crippen molar-refractivity contribution < 1.29 is 4.74 Å². The largest absolute Gasteiger partial charge is 0.372 e. The molecule has 2 fully saturated rings. The Labute approximate surface area is 155 Å². The van der Waals surface area contributed by atoms with E-state index in [1.165, 1.54) is 30.4 Å². The molecule has 2 aliphatic heterocycles. The van der Waals surface area contributed by atoms with E-state index in [1.807, 2.05) is 30.9 Å². The maximum atomic E-state index is 6.11. The molecule has 0 unspecified atom stereocenters. The molecule has 2 aliphatic rings. The molecule has 26 heavy (non-hydrogen) atoms. The van der Waals surface area contributed by atoms with Crippen LogP contribution in [0.15, 0.2) is 49.1 Å².